The lowest BCUT2D eigenvalue weighted by molar-refractivity contribution is 1.07. The lowest BCUT2D eigenvalue weighted by atomic mass is 9.97. The Hall–Kier alpha value is -6.56. The zero-order valence-corrected chi connectivity index (χ0v) is 28.2. The fourth-order valence-electron chi connectivity index (χ4n) is 7.10. The summed E-state index contributed by atoms with van der Waals surface area (Å²) in [7, 11) is 0. The van der Waals surface area contributed by atoms with Gasteiger partial charge in [-0.15, -0.1) is 11.3 Å². The van der Waals surface area contributed by atoms with Gasteiger partial charge in [0.05, 0.1) is 11.2 Å². The van der Waals surface area contributed by atoms with Gasteiger partial charge >= 0.3 is 0 Å². The van der Waals surface area contributed by atoms with Gasteiger partial charge in [-0.25, -0.2) is 19.9 Å². The van der Waals surface area contributed by atoms with Crippen LogP contribution in [0, 0.1) is 0 Å². The molecular formula is C46H28N4S. The van der Waals surface area contributed by atoms with Crippen LogP contribution >= 0.6 is 11.3 Å². The molecule has 0 aliphatic heterocycles. The Morgan fingerprint density at radius 2 is 0.843 bits per heavy atom. The second kappa shape index (κ2) is 12.1. The van der Waals surface area contributed by atoms with Crippen LogP contribution in [0.3, 0.4) is 0 Å². The van der Waals surface area contributed by atoms with E-state index in [1.54, 1.807) is 0 Å². The molecule has 0 saturated carbocycles. The van der Waals surface area contributed by atoms with Crippen LogP contribution in [0.15, 0.2) is 170 Å². The van der Waals surface area contributed by atoms with E-state index >= 15 is 0 Å². The SMILES string of the molecule is c1ccc(-c2nc(-c3ccccc3)nc(-c3cccc(-c4cccc5c4sc4c5ccc5c(-c6ccccc6)nc6ccccc6c54)c3)n2)cc1. The summed E-state index contributed by atoms with van der Waals surface area (Å²) < 4.78 is 2.53. The third kappa shape index (κ3) is 5.06. The minimum absolute atomic E-state index is 0.645. The molecule has 51 heavy (non-hydrogen) atoms. The highest BCUT2D eigenvalue weighted by Crippen LogP contribution is 2.46. The summed E-state index contributed by atoms with van der Waals surface area (Å²) in [6.45, 7) is 0. The molecular weight excluding hydrogens is 641 g/mol. The number of hydrogen-bond donors (Lipinski definition) is 0. The van der Waals surface area contributed by atoms with Gasteiger partial charge in [-0.3, -0.25) is 0 Å². The monoisotopic (exact) mass is 668 g/mol. The summed E-state index contributed by atoms with van der Waals surface area (Å²) in [5.41, 5.74) is 8.29. The van der Waals surface area contributed by atoms with Crippen molar-refractivity contribution in [1.29, 1.82) is 0 Å². The Morgan fingerprint density at radius 3 is 1.55 bits per heavy atom. The summed E-state index contributed by atoms with van der Waals surface area (Å²) in [6.07, 6.45) is 0. The minimum atomic E-state index is 0.645. The summed E-state index contributed by atoms with van der Waals surface area (Å²) in [5, 5.41) is 6.10. The molecule has 4 nitrogen and oxygen atoms in total. The summed E-state index contributed by atoms with van der Waals surface area (Å²) >= 11 is 1.86. The van der Waals surface area contributed by atoms with Gasteiger partial charge in [0.25, 0.3) is 0 Å². The number of para-hydroxylation sites is 1. The third-order valence-electron chi connectivity index (χ3n) is 9.51. The number of aromatic nitrogens is 4. The number of pyridine rings is 1. The normalized spacial score (nSPS) is 11.5. The Morgan fingerprint density at radius 1 is 0.333 bits per heavy atom. The number of nitrogens with zero attached hydrogens (tertiary/aromatic N) is 4. The van der Waals surface area contributed by atoms with Gasteiger partial charge in [0.1, 0.15) is 0 Å². The first-order valence-electron chi connectivity index (χ1n) is 17.0. The van der Waals surface area contributed by atoms with Crippen molar-refractivity contribution in [3.8, 4) is 56.5 Å². The second-order valence-corrected chi connectivity index (χ2v) is 13.6. The van der Waals surface area contributed by atoms with Gasteiger partial charge in [0.2, 0.25) is 0 Å². The molecule has 0 N–H and O–H groups in total. The van der Waals surface area contributed by atoms with Crippen molar-refractivity contribution in [3.63, 3.8) is 0 Å². The van der Waals surface area contributed by atoms with Crippen LogP contribution in [0.25, 0.3) is 98.4 Å². The van der Waals surface area contributed by atoms with Crippen LogP contribution in [0.4, 0.5) is 0 Å². The maximum atomic E-state index is 5.18. The molecule has 3 aromatic heterocycles. The molecule has 5 heteroatoms. The van der Waals surface area contributed by atoms with Crippen LogP contribution in [-0.2, 0) is 0 Å². The van der Waals surface area contributed by atoms with E-state index in [9.17, 15) is 0 Å². The van der Waals surface area contributed by atoms with Crippen LogP contribution in [0.5, 0.6) is 0 Å². The van der Waals surface area contributed by atoms with Crippen LogP contribution < -0.4 is 0 Å². The van der Waals surface area contributed by atoms with Crippen molar-refractivity contribution in [2.45, 2.75) is 0 Å². The highest BCUT2D eigenvalue weighted by molar-refractivity contribution is 7.27. The van der Waals surface area contributed by atoms with Gasteiger partial charge in [0, 0.05) is 58.6 Å². The molecule has 0 saturated heterocycles. The van der Waals surface area contributed by atoms with Crippen molar-refractivity contribution in [1.82, 2.24) is 19.9 Å². The number of rotatable bonds is 5. The van der Waals surface area contributed by atoms with Crippen molar-refractivity contribution >= 4 is 53.2 Å². The molecule has 238 valence electrons. The number of thiophene rings is 1. The third-order valence-corrected chi connectivity index (χ3v) is 10.8. The minimum Gasteiger partial charge on any atom is -0.247 e. The molecule has 0 atom stereocenters. The molecule has 10 aromatic rings. The average molecular weight is 669 g/mol. The van der Waals surface area contributed by atoms with Crippen molar-refractivity contribution in [3.05, 3.63) is 170 Å². The molecule has 0 bridgehead atoms. The van der Waals surface area contributed by atoms with Crippen molar-refractivity contribution in [2.75, 3.05) is 0 Å². The van der Waals surface area contributed by atoms with Crippen LogP contribution in [-0.4, -0.2) is 19.9 Å². The predicted octanol–water partition coefficient (Wildman–Crippen LogP) is 12.3. The number of hydrogen-bond acceptors (Lipinski definition) is 5. The molecule has 7 aromatic carbocycles. The number of fused-ring (bicyclic) bond motifs is 7. The van der Waals surface area contributed by atoms with E-state index in [1.807, 2.05) is 72.0 Å². The standard InChI is InChI=1S/C46H28N4S/c1-4-14-29(15-5-1)41-38-27-26-36-35-24-13-23-34(42(35)51-43(36)40(38)37-22-10-11-25-39(37)47-41)32-20-12-21-33(28-32)46-49-44(30-16-6-2-7-17-30)48-45(50-46)31-18-8-3-9-19-31/h1-28H. The highest BCUT2D eigenvalue weighted by Gasteiger charge is 2.18. The Kier molecular flexibility index (Phi) is 6.96. The molecule has 0 radical (unpaired) electrons. The molecule has 0 amide bonds. The quantitative estimate of drug-likeness (QED) is 0.171. The van der Waals surface area contributed by atoms with E-state index < -0.39 is 0 Å². The molecule has 0 fully saturated rings. The first-order valence-corrected chi connectivity index (χ1v) is 17.8. The molecule has 0 unspecified atom stereocenters. The van der Waals surface area contributed by atoms with Gasteiger partial charge in [-0.05, 0) is 23.3 Å². The first kappa shape index (κ1) is 29.4. The van der Waals surface area contributed by atoms with Gasteiger partial charge in [-0.2, -0.15) is 0 Å². The Bertz CT molecular complexity index is 2840. The molecule has 0 spiro atoms. The van der Waals surface area contributed by atoms with E-state index in [4.69, 9.17) is 19.9 Å². The maximum Gasteiger partial charge on any atom is 0.164 e. The fourth-order valence-corrected chi connectivity index (χ4v) is 8.49. The largest absolute Gasteiger partial charge is 0.247 e. The maximum absolute atomic E-state index is 5.18. The lowest BCUT2D eigenvalue weighted by Gasteiger charge is -2.11. The first-order chi connectivity index (χ1) is 25.3. The van der Waals surface area contributed by atoms with Gasteiger partial charge < -0.3 is 0 Å². The van der Waals surface area contributed by atoms with E-state index in [1.165, 1.54) is 41.9 Å². The summed E-state index contributed by atoms with van der Waals surface area (Å²) in [4.78, 5) is 20.1. The van der Waals surface area contributed by atoms with Gasteiger partial charge in [0.15, 0.2) is 17.5 Å². The fraction of sp³-hybridized carbons (Fsp3) is 0. The van der Waals surface area contributed by atoms with E-state index in [-0.39, 0.29) is 0 Å². The lowest BCUT2D eigenvalue weighted by Crippen LogP contribution is -2.00. The van der Waals surface area contributed by atoms with Crippen LogP contribution in [0.1, 0.15) is 0 Å². The van der Waals surface area contributed by atoms with Crippen molar-refractivity contribution in [2.24, 2.45) is 0 Å². The highest BCUT2D eigenvalue weighted by atomic mass is 32.1. The predicted molar refractivity (Wildman–Crippen MR) is 213 cm³/mol. The summed E-state index contributed by atoms with van der Waals surface area (Å²) in [6, 6.07) is 59.0. The molecule has 0 aliphatic rings. The smallest absolute Gasteiger partial charge is 0.164 e. The topological polar surface area (TPSA) is 51.6 Å². The molecule has 0 aliphatic carbocycles. The van der Waals surface area contributed by atoms with Crippen molar-refractivity contribution < 1.29 is 0 Å². The molecule has 3 heterocycles. The average Bonchev–Trinajstić information content (AvgIpc) is 3.60. The zero-order valence-electron chi connectivity index (χ0n) is 27.4. The number of benzene rings is 7. The Labute approximate surface area is 298 Å². The summed E-state index contributed by atoms with van der Waals surface area (Å²) in [5.74, 6) is 1.95. The van der Waals surface area contributed by atoms with E-state index in [0.29, 0.717) is 17.5 Å². The van der Waals surface area contributed by atoms with E-state index in [2.05, 4.69) is 109 Å². The zero-order chi connectivity index (χ0) is 33.7. The Balaban J connectivity index is 1.17. The van der Waals surface area contributed by atoms with E-state index in [0.717, 1.165) is 39.0 Å². The van der Waals surface area contributed by atoms with Crippen LogP contribution in [0.2, 0.25) is 0 Å². The molecule has 10 rings (SSSR count). The second-order valence-electron chi connectivity index (χ2n) is 12.6. The van der Waals surface area contributed by atoms with Gasteiger partial charge in [-0.1, -0.05) is 158 Å².